The number of aromatic nitrogens is 2. The third-order valence-corrected chi connectivity index (χ3v) is 6.41. The highest BCUT2D eigenvalue weighted by atomic mass is 32.2. The highest BCUT2D eigenvalue weighted by Crippen LogP contribution is 2.20. The van der Waals surface area contributed by atoms with E-state index in [1.165, 1.54) is 0 Å². The lowest BCUT2D eigenvalue weighted by molar-refractivity contribution is 0.126. The highest BCUT2D eigenvalue weighted by Gasteiger charge is 2.35. The number of hydrogen-bond acceptors (Lipinski definition) is 4. The molecule has 2 heterocycles. The molecule has 0 amide bonds. The summed E-state index contributed by atoms with van der Waals surface area (Å²) in [7, 11) is -3.37. The summed E-state index contributed by atoms with van der Waals surface area (Å²) < 4.78 is 34.9. The summed E-state index contributed by atoms with van der Waals surface area (Å²) in [4.78, 5) is 4.21. The van der Waals surface area contributed by atoms with Gasteiger partial charge in [-0.2, -0.15) is 0 Å². The Hall–Kier alpha value is -1.70. The molecule has 2 aromatic rings. The maximum atomic E-state index is 12.4. The van der Waals surface area contributed by atoms with Gasteiger partial charge in [0.15, 0.2) is 0 Å². The molecule has 1 aliphatic heterocycles. The van der Waals surface area contributed by atoms with Crippen molar-refractivity contribution in [3.05, 3.63) is 53.6 Å². The molecule has 1 aliphatic rings. The summed E-state index contributed by atoms with van der Waals surface area (Å²) in [5.41, 5.74) is 2.06. The van der Waals surface area contributed by atoms with E-state index in [4.69, 9.17) is 4.74 Å². The van der Waals surface area contributed by atoms with E-state index in [1.807, 2.05) is 44.3 Å². The second kappa shape index (κ2) is 7.04. The zero-order valence-electron chi connectivity index (χ0n) is 14.0. The van der Waals surface area contributed by atoms with Gasteiger partial charge in [-0.3, -0.25) is 0 Å². The zero-order valence-corrected chi connectivity index (χ0v) is 14.8. The number of nitrogens with zero attached hydrogens (tertiary/aromatic N) is 2. The smallest absolute Gasteiger partial charge is 0.217 e. The Labute approximate surface area is 142 Å². The highest BCUT2D eigenvalue weighted by molar-refractivity contribution is 7.90. The van der Waals surface area contributed by atoms with Crippen molar-refractivity contribution < 1.29 is 13.2 Å². The van der Waals surface area contributed by atoms with Crippen LogP contribution in [-0.4, -0.2) is 35.9 Å². The lowest BCUT2D eigenvalue weighted by Crippen LogP contribution is -2.37. The first-order valence-electron chi connectivity index (χ1n) is 8.11. The van der Waals surface area contributed by atoms with Gasteiger partial charge in [-0.15, -0.1) is 0 Å². The van der Waals surface area contributed by atoms with E-state index in [0.29, 0.717) is 19.6 Å². The molecular weight excluding hydrogens is 326 g/mol. The molecule has 7 heteroatoms. The van der Waals surface area contributed by atoms with Crippen LogP contribution in [-0.2, 0) is 27.8 Å². The molecule has 6 nitrogen and oxygen atoms in total. The molecule has 0 aliphatic carbocycles. The Balaban J connectivity index is 1.65. The number of hydrogen-bond donors (Lipinski definition) is 1. The maximum absolute atomic E-state index is 12.4. The van der Waals surface area contributed by atoms with Crippen LogP contribution < -0.4 is 4.72 Å². The predicted octanol–water partition coefficient (Wildman–Crippen LogP) is 1.84. The normalized spacial score (nSPS) is 21.2. The third kappa shape index (κ3) is 3.85. The SMILES string of the molecule is Cc1nccn1Cc1cccc(CNS(=O)(=O)[C@H]2CCO[C@H]2C)c1. The van der Waals surface area contributed by atoms with Crippen molar-refractivity contribution in [2.45, 2.75) is 44.7 Å². The van der Waals surface area contributed by atoms with Crippen molar-refractivity contribution in [3.63, 3.8) is 0 Å². The molecular formula is C17H23N3O3S. The molecule has 3 rings (SSSR count). The molecule has 1 fully saturated rings. The fourth-order valence-electron chi connectivity index (χ4n) is 3.02. The van der Waals surface area contributed by atoms with Gasteiger partial charge >= 0.3 is 0 Å². The van der Waals surface area contributed by atoms with Gasteiger partial charge in [0.05, 0.1) is 6.10 Å². The van der Waals surface area contributed by atoms with Crippen LogP contribution in [0.15, 0.2) is 36.7 Å². The number of nitrogens with one attached hydrogen (secondary N) is 1. The van der Waals surface area contributed by atoms with E-state index < -0.39 is 15.3 Å². The summed E-state index contributed by atoms with van der Waals surface area (Å²) in [6, 6.07) is 7.94. The van der Waals surface area contributed by atoms with E-state index in [0.717, 1.165) is 23.5 Å². The average Bonchev–Trinajstić information content (AvgIpc) is 3.15. The van der Waals surface area contributed by atoms with Crippen LogP contribution in [0, 0.1) is 6.92 Å². The Bertz CT molecular complexity index is 801. The molecule has 0 radical (unpaired) electrons. The molecule has 1 aromatic heterocycles. The standard InChI is InChI=1S/C17H23N3O3S/c1-13-17(6-9-23-13)24(21,22)19-11-15-4-3-5-16(10-15)12-20-8-7-18-14(20)2/h3-5,7-8,10,13,17,19H,6,9,11-12H2,1-2H3/t13-,17-/m0/s1. The summed E-state index contributed by atoms with van der Waals surface area (Å²) in [6.07, 6.45) is 4.01. The minimum Gasteiger partial charge on any atom is -0.377 e. The van der Waals surface area contributed by atoms with Crippen molar-refractivity contribution in [1.29, 1.82) is 0 Å². The molecule has 0 unspecified atom stereocenters. The van der Waals surface area contributed by atoms with Crippen LogP contribution in [0.3, 0.4) is 0 Å². The number of aryl methyl sites for hydroxylation is 1. The monoisotopic (exact) mass is 349 g/mol. The fraction of sp³-hybridized carbons (Fsp3) is 0.471. The van der Waals surface area contributed by atoms with Gasteiger partial charge in [0.25, 0.3) is 0 Å². The first kappa shape index (κ1) is 17.1. The Morgan fingerprint density at radius 3 is 2.83 bits per heavy atom. The van der Waals surface area contributed by atoms with E-state index >= 15 is 0 Å². The molecule has 0 spiro atoms. The molecule has 2 atom stereocenters. The summed E-state index contributed by atoms with van der Waals surface area (Å²) in [6.45, 7) is 5.29. The van der Waals surface area contributed by atoms with Gasteiger partial charge in [-0.1, -0.05) is 24.3 Å². The predicted molar refractivity (Wildman–Crippen MR) is 92.1 cm³/mol. The summed E-state index contributed by atoms with van der Waals surface area (Å²) >= 11 is 0. The Morgan fingerprint density at radius 2 is 2.17 bits per heavy atom. The van der Waals surface area contributed by atoms with Crippen LogP contribution in [0.2, 0.25) is 0 Å². The van der Waals surface area contributed by atoms with Crippen LogP contribution in [0.1, 0.15) is 30.3 Å². The van der Waals surface area contributed by atoms with Crippen LogP contribution in [0.5, 0.6) is 0 Å². The minimum atomic E-state index is -3.37. The van der Waals surface area contributed by atoms with Gasteiger partial charge in [-0.05, 0) is 31.4 Å². The molecule has 1 saturated heterocycles. The number of imidazole rings is 1. The molecule has 24 heavy (non-hydrogen) atoms. The maximum Gasteiger partial charge on any atom is 0.217 e. The largest absolute Gasteiger partial charge is 0.377 e. The topological polar surface area (TPSA) is 73.2 Å². The lowest BCUT2D eigenvalue weighted by atomic mass is 10.1. The summed E-state index contributed by atoms with van der Waals surface area (Å²) in [5, 5.41) is -0.464. The first-order valence-corrected chi connectivity index (χ1v) is 9.66. The van der Waals surface area contributed by atoms with E-state index in [2.05, 4.69) is 14.3 Å². The van der Waals surface area contributed by atoms with Gasteiger partial charge in [0, 0.05) is 32.1 Å². The first-order chi connectivity index (χ1) is 11.5. The van der Waals surface area contributed by atoms with Crippen molar-refractivity contribution in [2.75, 3.05) is 6.61 Å². The average molecular weight is 349 g/mol. The zero-order chi connectivity index (χ0) is 17.2. The summed E-state index contributed by atoms with van der Waals surface area (Å²) in [5.74, 6) is 0.955. The molecule has 130 valence electrons. The lowest BCUT2D eigenvalue weighted by Gasteiger charge is -2.16. The molecule has 0 saturated carbocycles. The van der Waals surface area contributed by atoms with Gasteiger partial charge in [-0.25, -0.2) is 18.1 Å². The van der Waals surface area contributed by atoms with Gasteiger partial charge < -0.3 is 9.30 Å². The third-order valence-electron chi connectivity index (χ3n) is 4.45. The molecule has 1 aromatic carbocycles. The molecule has 0 bridgehead atoms. The number of benzene rings is 1. The van der Waals surface area contributed by atoms with E-state index in [-0.39, 0.29) is 6.10 Å². The van der Waals surface area contributed by atoms with Gasteiger partial charge in [0.1, 0.15) is 11.1 Å². The fourth-order valence-corrected chi connectivity index (χ4v) is 4.59. The van der Waals surface area contributed by atoms with Crippen LogP contribution in [0.4, 0.5) is 0 Å². The van der Waals surface area contributed by atoms with E-state index in [9.17, 15) is 8.42 Å². The molecule has 1 N–H and O–H groups in total. The Morgan fingerprint density at radius 1 is 1.38 bits per heavy atom. The van der Waals surface area contributed by atoms with Crippen molar-refractivity contribution in [3.8, 4) is 0 Å². The Kier molecular flexibility index (Phi) is 5.03. The number of sulfonamides is 1. The van der Waals surface area contributed by atoms with Gasteiger partial charge in [0.2, 0.25) is 10.0 Å². The second-order valence-electron chi connectivity index (χ2n) is 6.19. The second-order valence-corrected chi connectivity index (χ2v) is 8.18. The van der Waals surface area contributed by atoms with Crippen molar-refractivity contribution in [2.24, 2.45) is 0 Å². The quantitative estimate of drug-likeness (QED) is 0.864. The van der Waals surface area contributed by atoms with E-state index in [1.54, 1.807) is 6.20 Å². The number of rotatable bonds is 6. The van der Waals surface area contributed by atoms with Crippen molar-refractivity contribution in [1.82, 2.24) is 14.3 Å². The van der Waals surface area contributed by atoms with Crippen molar-refractivity contribution >= 4 is 10.0 Å². The minimum absolute atomic E-state index is 0.252. The van der Waals surface area contributed by atoms with Crippen LogP contribution >= 0.6 is 0 Å². The van der Waals surface area contributed by atoms with Crippen LogP contribution in [0.25, 0.3) is 0 Å². The number of ether oxygens (including phenoxy) is 1.